The quantitative estimate of drug-likeness (QED) is 0.255. The van der Waals surface area contributed by atoms with Crippen molar-refractivity contribution in [3.8, 4) is 0 Å². The van der Waals surface area contributed by atoms with Crippen molar-refractivity contribution in [3.05, 3.63) is 23.8 Å². The molecule has 0 heterocycles. The van der Waals surface area contributed by atoms with Crippen LogP contribution in [-0.4, -0.2) is 23.4 Å². The number of hydrogen-bond donors (Lipinski definition) is 4. The molecule has 0 radical (unpaired) electrons. The standard InChI is InChI=1S/C7H9BN2O2/c9-4-5-2-1-3-6(7(5)10)8(11)12/h1-4,9,11-12H,10H2. The molecule has 62 valence electrons. The highest BCUT2D eigenvalue weighted by Crippen LogP contribution is 2.05. The van der Waals surface area contributed by atoms with Gasteiger partial charge in [0.15, 0.2) is 0 Å². The maximum absolute atomic E-state index is 8.82. The maximum atomic E-state index is 8.82. The highest BCUT2D eigenvalue weighted by Gasteiger charge is 2.15. The molecular weight excluding hydrogens is 155 g/mol. The van der Waals surface area contributed by atoms with Crippen LogP contribution in [0.1, 0.15) is 5.56 Å². The third-order valence-corrected chi connectivity index (χ3v) is 1.61. The van der Waals surface area contributed by atoms with Crippen molar-refractivity contribution in [2.45, 2.75) is 0 Å². The summed E-state index contributed by atoms with van der Waals surface area (Å²) in [6, 6.07) is 4.76. The molecule has 0 aliphatic heterocycles. The summed E-state index contributed by atoms with van der Waals surface area (Å²) in [5, 5.41) is 24.6. The number of rotatable bonds is 2. The normalized spacial score (nSPS) is 9.50. The molecule has 0 amide bonds. The summed E-state index contributed by atoms with van der Waals surface area (Å²) < 4.78 is 0. The van der Waals surface area contributed by atoms with Gasteiger partial charge in [0, 0.05) is 22.9 Å². The van der Waals surface area contributed by atoms with Gasteiger partial charge in [0.25, 0.3) is 0 Å². The van der Waals surface area contributed by atoms with Crippen molar-refractivity contribution < 1.29 is 10.0 Å². The molecular formula is C7H9BN2O2. The highest BCUT2D eigenvalue weighted by molar-refractivity contribution is 6.60. The molecule has 1 aromatic carbocycles. The van der Waals surface area contributed by atoms with Crippen molar-refractivity contribution in [2.75, 3.05) is 5.73 Å². The van der Waals surface area contributed by atoms with Crippen molar-refractivity contribution >= 4 is 24.5 Å². The van der Waals surface area contributed by atoms with Crippen LogP contribution in [0.2, 0.25) is 0 Å². The van der Waals surface area contributed by atoms with E-state index in [1.165, 1.54) is 6.07 Å². The molecule has 1 aromatic rings. The van der Waals surface area contributed by atoms with Crippen LogP contribution >= 0.6 is 0 Å². The first kappa shape index (κ1) is 8.77. The Labute approximate surface area is 70.3 Å². The molecule has 4 nitrogen and oxygen atoms in total. The first-order chi connectivity index (χ1) is 5.66. The maximum Gasteiger partial charge on any atom is 0.490 e. The zero-order chi connectivity index (χ0) is 9.14. The predicted molar refractivity (Wildman–Crippen MR) is 48.6 cm³/mol. The Morgan fingerprint density at radius 2 is 2.08 bits per heavy atom. The second kappa shape index (κ2) is 3.38. The predicted octanol–water partition coefficient (Wildman–Crippen LogP) is -1.05. The minimum atomic E-state index is -1.58. The van der Waals surface area contributed by atoms with E-state index in [0.717, 1.165) is 6.21 Å². The Morgan fingerprint density at radius 3 is 2.58 bits per heavy atom. The Balaban J connectivity index is 3.22. The van der Waals surface area contributed by atoms with Gasteiger partial charge in [-0.2, -0.15) is 0 Å². The van der Waals surface area contributed by atoms with Crippen LogP contribution in [0.3, 0.4) is 0 Å². The van der Waals surface area contributed by atoms with Crippen molar-refractivity contribution in [1.82, 2.24) is 0 Å². The summed E-state index contributed by atoms with van der Waals surface area (Å²) in [7, 11) is -1.58. The molecule has 12 heavy (non-hydrogen) atoms. The topological polar surface area (TPSA) is 90.3 Å². The third kappa shape index (κ3) is 1.47. The molecule has 0 saturated heterocycles. The third-order valence-electron chi connectivity index (χ3n) is 1.61. The molecule has 0 unspecified atom stereocenters. The van der Waals surface area contributed by atoms with Crippen LogP contribution in [0.4, 0.5) is 5.69 Å². The van der Waals surface area contributed by atoms with Gasteiger partial charge in [0.05, 0.1) is 0 Å². The van der Waals surface area contributed by atoms with Crippen LogP contribution in [0.15, 0.2) is 18.2 Å². The molecule has 0 fully saturated rings. The smallest absolute Gasteiger partial charge is 0.423 e. The average molecular weight is 164 g/mol. The Kier molecular flexibility index (Phi) is 2.47. The zero-order valence-electron chi connectivity index (χ0n) is 6.36. The molecule has 0 atom stereocenters. The van der Waals surface area contributed by atoms with Gasteiger partial charge in [-0.1, -0.05) is 18.2 Å². The minimum absolute atomic E-state index is 0.232. The molecule has 5 heteroatoms. The largest absolute Gasteiger partial charge is 0.490 e. The first-order valence-electron chi connectivity index (χ1n) is 3.42. The number of anilines is 1. The van der Waals surface area contributed by atoms with E-state index in [1.54, 1.807) is 12.1 Å². The fraction of sp³-hybridized carbons (Fsp3) is 0. The van der Waals surface area contributed by atoms with E-state index in [9.17, 15) is 0 Å². The second-order valence-corrected chi connectivity index (χ2v) is 2.37. The summed E-state index contributed by atoms with van der Waals surface area (Å²) in [6.07, 6.45) is 1.07. The van der Waals surface area contributed by atoms with Gasteiger partial charge in [-0.15, -0.1) is 0 Å². The van der Waals surface area contributed by atoms with Gasteiger partial charge in [0.2, 0.25) is 0 Å². The molecule has 0 spiro atoms. The van der Waals surface area contributed by atoms with Gasteiger partial charge >= 0.3 is 7.12 Å². The Hall–Kier alpha value is -1.33. The molecule has 0 aliphatic rings. The number of benzene rings is 1. The lowest BCUT2D eigenvalue weighted by atomic mass is 9.78. The summed E-state index contributed by atoms with van der Waals surface area (Å²) in [5.41, 5.74) is 6.48. The van der Waals surface area contributed by atoms with Gasteiger partial charge in [-0.3, -0.25) is 0 Å². The van der Waals surface area contributed by atoms with Gasteiger partial charge in [-0.05, 0) is 0 Å². The van der Waals surface area contributed by atoms with Crippen LogP contribution in [0.25, 0.3) is 0 Å². The van der Waals surface area contributed by atoms with Crippen LogP contribution in [0, 0.1) is 5.41 Å². The SMILES string of the molecule is N=Cc1cccc(B(O)O)c1N. The highest BCUT2D eigenvalue weighted by atomic mass is 16.4. The van der Waals surface area contributed by atoms with Gasteiger partial charge in [-0.25, -0.2) is 0 Å². The van der Waals surface area contributed by atoms with E-state index in [1.807, 2.05) is 0 Å². The van der Waals surface area contributed by atoms with Gasteiger partial charge in [0.1, 0.15) is 0 Å². The zero-order valence-corrected chi connectivity index (χ0v) is 6.36. The van der Waals surface area contributed by atoms with E-state index in [-0.39, 0.29) is 11.2 Å². The summed E-state index contributed by atoms with van der Waals surface area (Å²) >= 11 is 0. The van der Waals surface area contributed by atoms with E-state index >= 15 is 0 Å². The van der Waals surface area contributed by atoms with Gasteiger partial charge < -0.3 is 21.2 Å². The minimum Gasteiger partial charge on any atom is -0.423 e. The molecule has 5 N–H and O–H groups in total. The average Bonchev–Trinajstić information content (AvgIpc) is 2.04. The Morgan fingerprint density at radius 1 is 1.42 bits per heavy atom. The molecule has 0 saturated carbocycles. The summed E-state index contributed by atoms with van der Waals surface area (Å²) in [5.74, 6) is 0. The number of nitrogens with one attached hydrogen (secondary N) is 1. The lowest BCUT2D eigenvalue weighted by molar-refractivity contribution is 0.426. The van der Waals surface area contributed by atoms with Crippen LogP contribution in [0.5, 0.6) is 0 Å². The monoisotopic (exact) mass is 164 g/mol. The number of nitrogen functional groups attached to an aromatic ring is 1. The molecule has 0 aromatic heterocycles. The molecule has 0 bridgehead atoms. The van der Waals surface area contributed by atoms with E-state index in [4.69, 9.17) is 21.2 Å². The van der Waals surface area contributed by atoms with Crippen molar-refractivity contribution in [2.24, 2.45) is 0 Å². The summed E-state index contributed by atoms with van der Waals surface area (Å²) in [4.78, 5) is 0. The van der Waals surface area contributed by atoms with Crippen molar-refractivity contribution in [1.29, 1.82) is 5.41 Å². The van der Waals surface area contributed by atoms with Crippen LogP contribution < -0.4 is 11.2 Å². The van der Waals surface area contributed by atoms with E-state index in [0.29, 0.717) is 5.56 Å². The second-order valence-electron chi connectivity index (χ2n) is 2.37. The number of nitrogens with two attached hydrogens (primary N) is 1. The number of hydrogen-bond acceptors (Lipinski definition) is 4. The number of para-hydroxylation sites is 1. The molecule has 1 rings (SSSR count). The van der Waals surface area contributed by atoms with E-state index in [2.05, 4.69) is 0 Å². The lowest BCUT2D eigenvalue weighted by Gasteiger charge is -2.05. The molecule has 0 aliphatic carbocycles. The fourth-order valence-corrected chi connectivity index (χ4v) is 0.953. The van der Waals surface area contributed by atoms with Crippen molar-refractivity contribution in [3.63, 3.8) is 0 Å². The Bertz CT molecular complexity index is 301. The fourth-order valence-electron chi connectivity index (χ4n) is 0.953. The lowest BCUT2D eigenvalue weighted by Crippen LogP contribution is -2.32. The van der Waals surface area contributed by atoms with E-state index < -0.39 is 7.12 Å². The summed E-state index contributed by atoms with van der Waals surface area (Å²) in [6.45, 7) is 0. The first-order valence-corrected chi connectivity index (χ1v) is 3.42. The van der Waals surface area contributed by atoms with Crippen LogP contribution in [-0.2, 0) is 0 Å².